The molecule has 0 bridgehead atoms. The van der Waals surface area contributed by atoms with Crippen LogP contribution in [0.3, 0.4) is 0 Å². The lowest BCUT2D eigenvalue weighted by Crippen LogP contribution is -2.38. The first-order valence-corrected chi connectivity index (χ1v) is 9.54. The molecule has 0 saturated carbocycles. The Hall–Kier alpha value is -1.89. The minimum absolute atomic E-state index is 0.0369. The van der Waals surface area contributed by atoms with Crippen molar-refractivity contribution in [2.75, 3.05) is 6.54 Å². The number of carbonyl (C=O) groups is 1. The van der Waals surface area contributed by atoms with Crippen LogP contribution in [0.2, 0.25) is 5.02 Å². The highest BCUT2D eigenvalue weighted by molar-refractivity contribution is 7.89. The molecule has 0 unspecified atom stereocenters. The summed E-state index contributed by atoms with van der Waals surface area (Å²) in [6, 6.07) is 10.4. The van der Waals surface area contributed by atoms with Gasteiger partial charge in [-0.2, -0.15) is 4.31 Å². The fourth-order valence-electron chi connectivity index (χ4n) is 2.90. The van der Waals surface area contributed by atoms with Crippen LogP contribution in [0.5, 0.6) is 0 Å². The van der Waals surface area contributed by atoms with Crippen molar-refractivity contribution in [3.8, 4) is 0 Å². The van der Waals surface area contributed by atoms with E-state index in [4.69, 9.17) is 17.3 Å². The summed E-state index contributed by atoms with van der Waals surface area (Å²) in [7, 11) is -3.88. The summed E-state index contributed by atoms with van der Waals surface area (Å²) < 4.78 is 27.5. The molecule has 0 saturated heterocycles. The molecule has 0 aliphatic rings. The Bertz CT molecular complexity index is 870. The van der Waals surface area contributed by atoms with Crippen molar-refractivity contribution >= 4 is 27.5 Å². The van der Waals surface area contributed by atoms with Crippen LogP contribution in [-0.4, -0.2) is 25.2 Å². The van der Waals surface area contributed by atoms with E-state index in [9.17, 15) is 13.2 Å². The molecule has 0 fully saturated rings. The Balaban J connectivity index is 2.49. The lowest BCUT2D eigenvalue weighted by Gasteiger charge is -2.23. The number of sulfonamides is 1. The maximum absolute atomic E-state index is 13.2. The van der Waals surface area contributed by atoms with E-state index in [1.807, 2.05) is 19.1 Å². The van der Waals surface area contributed by atoms with Crippen LogP contribution in [0.1, 0.15) is 22.3 Å². The number of aryl methyl sites for hydroxylation is 3. The Morgan fingerprint density at radius 1 is 1.08 bits per heavy atom. The van der Waals surface area contributed by atoms with Gasteiger partial charge in [-0.3, -0.25) is 4.79 Å². The zero-order chi connectivity index (χ0) is 18.8. The van der Waals surface area contributed by atoms with Gasteiger partial charge in [-0.05, 0) is 49.6 Å². The second kappa shape index (κ2) is 7.56. The maximum Gasteiger partial charge on any atom is 0.244 e. The predicted molar refractivity (Wildman–Crippen MR) is 98.9 cm³/mol. The van der Waals surface area contributed by atoms with Gasteiger partial charge in [0.2, 0.25) is 15.9 Å². The Kier molecular flexibility index (Phi) is 5.87. The van der Waals surface area contributed by atoms with E-state index in [-0.39, 0.29) is 11.4 Å². The molecule has 1 amide bonds. The normalized spacial score (nSPS) is 11.7. The number of carbonyl (C=O) groups excluding carboxylic acids is 1. The second-order valence-corrected chi connectivity index (χ2v) is 8.40. The van der Waals surface area contributed by atoms with Gasteiger partial charge in [-0.15, -0.1) is 0 Å². The lowest BCUT2D eigenvalue weighted by atomic mass is 10.1. The molecule has 2 aromatic rings. The molecule has 25 heavy (non-hydrogen) atoms. The molecule has 2 rings (SSSR count). The molecule has 2 aromatic carbocycles. The first kappa shape index (κ1) is 19.4. The quantitative estimate of drug-likeness (QED) is 0.836. The highest BCUT2D eigenvalue weighted by Gasteiger charge is 2.29. The number of rotatable bonds is 6. The van der Waals surface area contributed by atoms with Crippen LogP contribution in [0.15, 0.2) is 41.3 Å². The molecule has 0 radical (unpaired) electrons. The minimum Gasteiger partial charge on any atom is -0.369 e. The molecule has 0 spiro atoms. The summed E-state index contributed by atoms with van der Waals surface area (Å²) in [5.41, 5.74) is 8.26. The van der Waals surface area contributed by atoms with Crippen molar-refractivity contribution in [2.24, 2.45) is 5.73 Å². The molecule has 0 atom stereocenters. The van der Waals surface area contributed by atoms with Crippen molar-refractivity contribution < 1.29 is 13.2 Å². The Labute approximate surface area is 153 Å². The average Bonchev–Trinajstić information content (AvgIpc) is 2.47. The summed E-state index contributed by atoms with van der Waals surface area (Å²) in [5.74, 6) is -0.708. The van der Waals surface area contributed by atoms with Gasteiger partial charge in [0.1, 0.15) is 0 Å². The maximum atomic E-state index is 13.2. The van der Waals surface area contributed by atoms with Crippen molar-refractivity contribution in [1.82, 2.24) is 4.31 Å². The van der Waals surface area contributed by atoms with Crippen LogP contribution in [0, 0.1) is 20.8 Å². The molecule has 2 N–H and O–H groups in total. The molecule has 5 nitrogen and oxygen atoms in total. The van der Waals surface area contributed by atoms with E-state index in [1.54, 1.807) is 38.1 Å². The largest absolute Gasteiger partial charge is 0.369 e. The first-order chi connectivity index (χ1) is 11.6. The molecule has 134 valence electrons. The fourth-order valence-corrected chi connectivity index (χ4v) is 4.83. The third kappa shape index (κ3) is 4.60. The van der Waals surface area contributed by atoms with Gasteiger partial charge in [-0.1, -0.05) is 41.4 Å². The van der Waals surface area contributed by atoms with Gasteiger partial charge in [0.05, 0.1) is 11.4 Å². The zero-order valence-corrected chi connectivity index (χ0v) is 16.0. The molecule has 7 heteroatoms. The number of hydrogen-bond acceptors (Lipinski definition) is 3. The summed E-state index contributed by atoms with van der Waals surface area (Å²) >= 11 is 5.87. The molecule has 0 aromatic heterocycles. The van der Waals surface area contributed by atoms with Gasteiger partial charge in [0, 0.05) is 11.6 Å². The topological polar surface area (TPSA) is 80.5 Å². The SMILES string of the molecule is Cc1cc(C)c(S(=O)(=O)N(CC(N)=O)Cc2ccc(Cl)cc2)c(C)c1. The van der Waals surface area contributed by atoms with E-state index < -0.39 is 22.5 Å². The number of amides is 1. The molecule has 0 aliphatic carbocycles. The molecular formula is C18H21ClN2O3S. The average molecular weight is 381 g/mol. The number of benzene rings is 2. The monoisotopic (exact) mass is 380 g/mol. The van der Waals surface area contributed by atoms with Gasteiger partial charge in [-0.25, -0.2) is 8.42 Å². The molecule has 0 aliphatic heterocycles. The van der Waals surface area contributed by atoms with Crippen molar-refractivity contribution in [3.05, 3.63) is 63.7 Å². The second-order valence-electron chi connectivity index (χ2n) is 6.09. The highest BCUT2D eigenvalue weighted by atomic mass is 35.5. The number of nitrogens with two attached hydrogens (primary N) is 1. The number of primary amides is 1. The van der Waals surface area contributed by atoms with E-state index in [0.717, 1.165) is 15.4 Å². The van der Waals surface area contributed by atoms with Crippen LogP contribution in [-0.2, 0) is 21.4 Å². The standard InChI is InChI=1S/C18H21ClN2O3S/c1-12-8-13(2)18(14(3)9-12)25(23,24)21(11-17(20)22)10-15-4-6-16(19)7-5-15/h4-9H,10-11H2,1-3H3,(H2,20,22). The van der Waals surface area contributed by atoms with Crippen LogP contribution in [0.25, 0.3) is 0 Å². The van der Waals surface area contributed by atoms with Gasteiger partial charge in [0.25, 0.3) is 0 Å². The summed E-state index contributed by atoms with van der Waals surface area (Å²) in [4.78, 5) is 11.7. The highest BCUT2D eigenvalue weighted by Crippen LogP contribution is 2.26. The fraction of sp³-hybridized carbons (Fsp3) is 0.278. The lowest BCUT2D eigenvalue weighted by molar-refractivity contribution is -0.118. The Morgan fingerprint density at radius 2 is 1.60 bits per heavy atom. The van der Waals surface area contributed by atoms with Crippen molar-refractivity contribution in [1.29, 1.82) is 0 Å². The smallest absolute Gasteiger partial charge is 0.244 e. The van der Waals surface area contributed by atoms with Crippen molar-refractivity contribution in [2.45, 2.75) is 32.2 Å². The summed E-state index contributed by atoms with van der Waals surface area (Å²) in [6.45, 7) is 5.05. The summed E-state index contributed by atoms with van der Waals surface area (Å²) in [6.07, 6.45) is 0. The number of nitrogens with zero attached hydrogens (tertiary/aromatic N) is 1. The van der Waals surface area contributed by atoms with E-state index >= 15 is 0 Å². The zero-order valence-electron chi connectivity index (χ0n) is 14.4. The first-order valence-electron chi connectivity index (χ1n) is 7.72. The van der Waals surface area contributed by atoms with E-state index in [0.29, 0.717) is 16.1 Å². The van der Waals surface area contributed by atoms with Crippen LogP contribution in [0.4, 0.5) is 0 Å². The third-order valence-corrected chi connectivity index (χ3v) is 6.16. The summed E-state index contributed by atoms with van der Waals surface area (Å²) in [5, 5.41) is 0.554. The van der Waals surface area contributed by atoms with Crippen molar-refractivity contribution in [3.63, 3.8) is 0 Å². The predicted octanol–water partition coefficient (Wildman–Crippen LogP) is 2.94. The van der Waals surface area contributed by atoms with Gasteiger partial charge in [0.15, 0.2) is 0 Å². The molecular weight excluding hydrogens is 360 g/mol. The molecule has 0 heterocycles. The van der Waals surface area contributed by atoms with E-state index in [1.165, 1.54) is 0 Å². The van der Waals surface area contributed by atoms with Gasteiger partial charge < -0.3 is 5.73 Å². The van der Waals surface area contributed by atoms with E-state index in [2.05, 4.69) is 0 Å². The minimum atomic E-state index is -3.88. The number of halogens is 1. The Morgan fingerprint density at radius 3 is 2.08 bits per heavy atom. The third-order valence-electron chi connectivity index (χ3n) is 3.81. The number of hydrogen-bond donors (Lipinski definition) is 1. The van der Waals surface area contributed by atoms with Crippen LogP contribution < -0.4 is 5.73 Å². The van der Waals surface area contributed by atoms with Crippen LogP contribution >= 0.6 is 11.6 Å². The van der Waals surface area contributed by atoms with Gasteiger partial charge >= 0.3 is 0 Å².